The Bertz CT molecular complexity index is 1800. The third-order valence-corrected chi connectivity index (χ3v) is 7.45. The summed E-state index contributed by atoms with van der Waals surface area (Å²) < 4.78 is 22.2. The normalized spacial score (nSPS) is 15.2. The standard InChI is InChI=1S/C28H25FN8O2S/c1-3-4-18-11-19-14-32-28(34-20-5-6-23(21(29)12-20)36-9-7-30-13-17(36)2)35-25(19)37(27(18)38)15-22-24(39-16-33-22)26-31-8-10-40-26/h5-6,8,10-12,14,16-17,30H,7,9,13,15H2,1-2H3,(H,32,34,35). The second-order valence-electron chi connectivity index (χ2n) is 9.30. The molecule has 1 aliphatic rings. The van der Waals surface area contributed by atoms with E-state index in [1.54, 1.807) is 37.5 Å². The van der Waals surface area contributed by atoms with Crippen molar-refractivity contribution in [2.24, 2.45) is 0 Å². The Morgan fingerprint density at radius 2 is 2.17 bits per heavy atom. The van der Waals surface area contributed by atoms with Crippen LogP contribution < -0.4 is 21.1 Å². The molecule has 40 heavy (non-hydrogen) atoms. The zero-order valence-corrected chi connectivity index (χ0v) is 22.6. The number of piperazine rings is 1. The highest BCUT2D eigenvalue weighted by Crippen LogP contribution is 2.28. The molecular formula is C28H25FN8O2S. The second-order valence-corrected chi connectivity index (χ2v) is 10.2. The van der Waals surface area contributed by atoms with E-state index in [0.717, 1.165) is 19.6 Å². The van der Waals surface area contributed by atoms with Crippen LogP contribution in [-0.2, 0) is 6.54 Å². The first-order chi connectivity index (χ1) is 19.5. The number of anilines is 3. The lowest BCUT2D eigenvalue weighted by atomic mass is 10.1. The van der Waals surface area contributed by atoms with E-state index < -0.39 is 0 Å². The molecule has 6 rings (SSSR count). The fraction of sp³-hybridized carbons (Fsp3) is 0.250. The largest absolute Gasteiger partial charge is 0.441 e. The van der Waals surface area contributed by atoms with Crippen LogP contribution in [0.4, 0.5) is 21.7 Å². The molecule has 1 atom stereocenters. The number of hydrogen-bond donors (Lipinski definition) is 2. The maximum absolute atomic E-state index is 15.1. The minimum atomic E-state index is -0.333. The molecule has 0 bridgehead atoms. The summed E-state index contributed by atoms with van der Waals surface area (Å²) in [4.78, 5) is 33.2. The number of benzene rings is 1. The first-order valence-corrected chi connectivity index (χ1v) is 13.6. The van der Waals surface area contributed by atoms with Gasteiger partial charge in [0, 0.05) is 54.5 Å². The van der Waals surface area contributed by atoms with E-state index in [1.165, 1.54) is 28.4 Å². The average Bonchev–Trinajstić information content (AvgIpc) is 3.64. The average molecular weight is 557 g/mol. The summed E-state index contributed by atoms with van der Waals surface area (Å²) in [5.74, 6) is 6.03. The van der Waals surface area contributed by atoms with Gasteiger partial charge in [-0.15, -0.1) is 17.3 Å². The zero-order chi connectivity index (χ0) is 27.6. The molecule has 202 valence electrons. The SMILES string of the molecule is CC#Cc1cc2cnc(Nc3ccc(N4CCNCC4C)c(F)c3)nc2n(Cc2ncoc2-c2nccs2)c1=O. The van der Waals surface area contributed by atoms with E-state index in [0.29, 0.717) is 44.4 Å². The molecule has 1 fully saturated rings. The van der Waals surface area contributed by atoms with Gasteiger partial charge in [-0.2, -0.15) is 4.98 Å². The number of thiazole rings is 1. The third kappa shape index (κ3) is 4.92. The van der Waals surface area contributed by atoms with Crippen molar-refractivity contribution in [2.45, 2.75) is 26.4 Å². The van der Waals surface area contributed by atoms with E-state index in [4.69, 9.17) is 4.42 Å². The van der Waals surface area contributed by atoms with Crippen molar-refractivity contribution in [3.8, 4) is 22.6 Å². The van der Waals surface area contributed by atoms with E-state index in [9.17, 15) is 4.79 Å². The molecule has 4 aromatic heterocycles. The van der Waals surface area contributed by atoms with Gasteiger partial charge in [-0.3, -0.25) is 9.36 Å². The fourth-order valence-corrected chi connectivity index (χ4v) is 5.42. The predicted molar refractivity (Wildman–Crippen MR) is 152 cm³/mol. The van der Waals surface area contributed by atoms with Gasteiger partial charge in [0.15, 0.2) is 17.2 Å². The molecule has 0 amide bonds. The molecule has 1 aliphatic heterocycles. The van der Waals surface area contributed by atoms with Crippen molar-refractivity contribution in [1.29, 1.82) is 0 Å². The number of aromatic nitrogens is 5. The Labute approximate surface area is 232 Å². The molecule has 0 saturated carbocycles. The van der Waals surface area contributed by atoms with Crippen LogP contribution in [0, 0.1) is 17.7 Å². The number of fused-ring (bicyclic) bond motifs is 1. The highest BCUT2D eigenvalue weighted by atomic mass is 32.1. The summed E-state index contributed by atoms with van der Waals surface area (Å²) in [6, 6.07) is 6.84. The minimum Gasteiger partial charge on any atom is -0.441 e. The van der Waals surface area contributed by atoms with Crippen molar-refractivity contribution in [3.63, 3.8) is 0 Å². The number of halogens is 1. The van der Waals surface area contributed by atoms with Gasteiger partial charge < -0.3 is 20.0 Å². The van der Waals surface area contributed by atoms with Crippen molar-refractivity contribution in [1.82, 2.24) is 29.8 Å². The number of hydrogen-bond acceptors (Lipinski definition) is 10. The highest BCUT2D eigenvalue weighted by Gasteiger charge is 2.22. The lowest BCUT2D eigenvalue weighted by Gasteiger charge is -2.36. The molecule has 0 aliphatic carbocycles. The monoisotopic (exact) mass is 556 g/mol. The van der Waals surface area contributed by atoms with Crippen LogP contribution in [0.15, 0.2) is 57.6 Å². The predicted octanol–water partition coefficient (Wildman–Crippen LogP) is 4.00. The Balaban J connectivity index is 1.36. The van der Waals surface area contributed by atoms with E-state index in [-0.39, 0.29) is 29.9 Å². The first-order valence-electron chi connectivity index (χ1n) is 12.7. The van der Waals surface area contributed by atoms with E-state index in [1.807, 2.05) is 5.38 Å². The van der Waals surface area contributed by atoms with Gasteiger partial charge in [0.2, 0.25) is 5.95 Å². The van der Waals surface area contributed by atoms with Gasteiger partial charge >= 0.3 is 0 Å². The number of nitrogens with zero attached hydrogens (tertiary/aromatic N) is 6. The third-order valence-electron chi connectivity index (χ3n) is 6.68. The van der Waals surface area contributed by atoms with Gasteiger partial charge in [-0.05, 0) is 38.1 Å². The van der Waals surface area contributed by atoms with Crippen molar-refractivity contribution in [2.75, 3.05) is 29.9 Å². The van der Waals surface area contributed by atoms with Gasteiger partial charge in [-0.1, -0.05) is 5.92 Å². The second kappa shape index (κ2) is 10.9. The van der Waals surface area contributed by atoms with Gasteiger partial charge in [0.25, 0.3) is 5.56 Å². The number of rotatable bonds is 6. The van der Waals surface area contributed by atoms with Crippen molar-refractivity contribution >= 4 is 39.7 Å². The zero-order valence-electron chi connectivity index (χ0n) is 21.8. The molecule has 5 heterocycles. The number of pyridine rings is 1. The Morgan fingerprint density at radius 3 is 2.95 bits per heavy atom. The van der Waals surface area contributed by atoms with Crippen LogP contribution in [0.1, 0.15) is 25.1 Å². The van der Waals surface area contributed by atoms with Crippen molar-refractivity contribution in [3.05, 3.63) is 75.9 Å². The number of nitrogens with one attached hydrogen (secondary N) is 2. The molecule has 0 spiro atoms. The van der Waals surface area contributed by atoms with Crippen LogP contribution in [-0.4, -0.2) is 50.2 Å². The summed E-state index contributed by atoms with van der Waals surface area (Å²) in [6.07, 6.45) is 4.62. The molecule has 0 radical (unpaired) electrons. The molecule has 12 heteroatoms. The van der Waals surface area contributed by atoms with Gasteiger partial charge in [-0.25, -0.2) is 19.3 Å². The van der Waals surface area contributed by atoms with E-state index >= 15 is 4.39 Å². The fourth-order valence-electron chi connectivity index (χ4n) is 4.78. The van der Waals surface area contributed by atoms with Crippen LogP contribution in [0.5, 0.6) is 0 Å². The first kappa shape index (κ1) is 25.7. The molecule has 1 saturated heterocycles. The Kier molecular flexibility index (Phi) is 6.98. The summed E-state index contributed by atoms with van der Waals surface area (Å²) in [7, 11) is 0. The lowest BCUT2D eigenvalue weighted by molar-refractivity contribution is 0.491. The van der Waals surface area contributed by atoms with Gasteiger partial charge in [0.1, 0.15) is 17.2 Å². The molecule has 10 nitrogen and oxygen atoms in total. The quantitative estimate of drug-likeness (QED) is 0.300. The van der Waals surface area contributed by atoms with E-state index in [2.05, 4.69) is 54.2 Å². The Morgan fingerprint density at radius 1 is 1.27 bits per heavy atom. The number of oxazole rings is 1. The summed E-state index contributed by atoms with van der Waals surface area (Å²) in [5, 5.41) is 9.52. The smallest absolute Gasteiger partial charge is 0.268 e. The summed E-state index contributed by atoms with van der Waals surface area (Å²) >= 11 is 1.41. The highest BCUT2D eigenvalue weighted by molar-refractivity contribution is 7.13. The molecule has 1 unspecified atom stereocenters. The molecule has 1 aromatic carbocycles. The molecular weight excluding hydrogens is 531 g/mol. The molecule has 2 N–H and O–H groups in total. The maximum Gasteiger partial charge on any atom is 0.268 e. The van der Waals surface area contributed by atoms with Crippen LogP contribution in [0.2, 0.25) is 0 Å². The van der Waals surface area contributed by atoms with Crippen LogP contribution in [0.25, 0.3) is 21.8 Å². The van der Waals surface area contributed by atoms with Crippen LogP contribution >= 0.6 is 11.3 Å². The summed E-state index contributed by atoms with van der Waals surface area (Å²) in [5.41, 5.74) is 1.96. The Hall–Kier alpha value is -4.60. The maximum atomic E-state index is 15.1. The molecule has 5 aromatic rings. The minimum absolute atomic E-state index is 0.0859. The van der Waals surface area contributed by atoms with Gasteiger partial charge in [0.05, 0.1) is 17.8 Å². The van der Waals surface area contributed by atoms with Crippen molar-refractivity contribution < 1.29 is 8.81 Å². The topological polar surface area (TPSA) is 114 Å². The summed E-state index contributed by atoms with van der Waals surface area (Å²) in [6.45, 7) is 6.16. The lowest BCUT2D eigenvalue weighted by Crippen LogP contribution is -2.50. The van der Waals surface area contributed by atoms with Crippen LogP contribution in [0.3, 0.4) is 0 Å².